The second kappa shape index (κ2) is 12.1. The van der Waals surface area contributed by atoms with Crippen molar-refractivity contribution in [3.63, 3.8) is 0 Å². The quantitative estimate of drug-likeness (QED) is 0.198. The fraction of sp³-hybridized carbons (Fsp3) is 0.242. The van der Waals surface area contributed by atoms with E-state index in [4.69, 9.17) is 0 Å². The van der Waals surface area contributed by atoms with E-state index in [1.54, 1.807) is 12.1 Å². The maximum atomic E-state index is 15.4. The van der Waals surface area contributed by atoms with E-state index in [1.165, 1.54) is 17.7 Å². The van der Waals surface area contributed by atoms with Gasteiger partial charge < -0.3 is 0 Å². The summed E-state index contributed by atoms with van der Waals surface area (Å²) >= 11 is 0. The highest BCUT2D eigenvalue weighted by atomic mass is 19.3. The molecule has 0 aliphatic carbocycles. The molecule has 0 unspecified atom stereocenters. The second-order valence-corrected chi connectivity index (χ2v) is 9.38. The molecule has 4 aromatic carbocycles. The number of carbonyl (C=O) groups excluding carboxylic acids is 1. The minimum absolute atomic E-state index is 0.0561. The lowest BCUT2D eigenvalue weighted by Crippen LogP contribution is -2.10. The molecule has 0 radical (unpaired) electrons. The molecule has 0 amide bonds. The first-order chi connectivity index (χ1) is 17.9. The third-order valence-corrected chi connectivity index (χ3v) is 6.65. The van der Waals surface area contributed by atoms with Gasteiger partial charge in [0, 0.05) is 17.5 Å². The van der Waals surface area contributed by atoms with Crippen LogP contribution in [0, 0.1) is 5.82 Å². The van der Waals surface area contributed by atoms with E-state index < -0.39 is 23.6 Å². The maximum absolute atomic E-state index is 15.4. The van der Waals surface area contributed by atoms with Crippen molar-refractivity contribution >= 4 is 5.78 Å². The van der Waals surface area contributed by atoms with Gasteiger partial charge in [-0.3, -0.25) is 4.79 Å². The lowest BCUT2D eigenvalue weighted by atomic mass is 9.92. The number of ketones is 1. The largest absolute Gasteiger partial charge is 0.294 e. The molecule has 37 heavy (non-hydrogen) atoms. The minimum atomic E-state index is -3.10. The smallest absolute Gasteiger partial charge is 0.267 e. The summed E-state index contributed by atoms with van der Waals surface area (Å²) < 4.78 is 43.4. The zero-order valence-corrected chi connectivity index (χ0v) is 21.2. The Bertz CT molecular complexity index is 1340. The van der Waals surface area contributed by atoms with Crippen LogP contribution in [0.4, 0.5) is 13.2 Å². The summed E-state index contributed by atoms with van der Waals surface area (Å²) in [4.78, 5) is 12.9. The number of benzene rings is 4. The number of Topliss-reactive ketones (excluding diaryl/α,β-unsaturated/α-hetero) is 1. The van der Waals surface area contributed by atoms with E-state index in [1.807, 2.05) is 48.5 Å². The Labute approximate surface area is 217 Å². The van der Waals surface area contributed by atoms with Crippen LogP contribution in [0.15, 0.2) is 84.9 Å². The van der Waals surface area contributed by atoms with Crippen LogP contribution in [0.1, 0.15) is 65.7 Å². The van der Waals surface area contributed by atoms with E-state index in [9.17, 15) is 13.6 Å². The van der Waals surface area contributed by atoms with Crippen molar-refractivity contribution in [3.8, 4) is 22.3 Å². The van der Waals surface area contributed by atoms with Crippen LogP contribution in [-0.2, 0) is 19.3 Å². The summed E-state index contributed by atoms with van der Waals surface area (Å²) in [7, 11) is 0. The van der Waals surface area contributed by atoms with Gasteiger partial charge in [-0.25, -0.2) is 13.2 Å². The fourth-order valence-corrected chi connectivity index (χ4v) is 4.66. The standard InChI is InChI=1S/C33H31F3O/c1-3-5-22-7-9-24(10-8-22)21-30(37)29-20-19-28(32(34)31(29)33(35)36)27-17-15-26(16-18-27)25-13-11-23(6-4-2)12-14-25/h7-20,33H,3-6,21H2,1-2H3. The molecule has 4 heteroatoms. The number of alkyl halides is 2. The van der Waals surface area contributed by atoms with E-state index in [0.29, 0.717) is 11.1 Å². The molecule has 4 aromatic rings. The topological polar surface area (TPSA) is 17.1 Å². The average Bonchev–Trinajstić information content (AvgIpc) is 2.90. The number of carbonyl (C=O) groups is 1. The summed E-state index contributed by atoms with van der Waals surface area (Å²) in [5, 5.41) is 0. The SMILES string of the molecule is CCCc1ccc(CC(=O)c2ccc(-c3ccc(-c4ccc(CCC)cc4)cc3)c(F)c2C(F)F)cc1. The normalized spacial score (nSPS) is 11.2. The molecule has 0 aromatic heterocycles. The van der Waals surface area contributed by atoms with Gasteiger partial charge in [-0.05, 0) is 46.2 Å². The van der Waals surface area contributed by atoms with Gasteiger partial charge in [0.25, 0.3) is 6.43 Å². The van der Waals surface area contributed by atoms with Gasteiger partial charge >= 0.3 is 0 Å². The van der Waals surface area contributed by atoms with Crippen molar-refractivity contribution < 1.29 is 18.0 Å². The summed E-state index contributed by atoms with van der Waals surface area (Å²) in [6.45, 7) is 4.22. The Morgan fingerprint density at radius 3 is 1.62 bits per heavy atom. The van der Waals surface area contributed by atoms with Crippen LogP contribution in [0.3, 0.4) is 0 Å². The number of halogens is 3. The number of hydrogen-bond acceptors (Lipinski definition) is 1. The van der Waals surface area contributed by atoms with Crippen LogP contribution < -0.4 is 0 Å². The van der Waals surface area contributed by atoms with E-state index in [2.05, 4.69) is 26.0 Å². The lowest BCUT2D eigenvalue weighted by molar-refractivity contribution is 0.0976. The van der Waals surface area contributed by atoms with Crippen LogP contribution in [0.2, 0.25) is 0 Å². The van der Waals surface area contributed by atoms with Crippen LogP contribution >= 0.6 is 0 Å². The molecule has 4 rings (SSSR count). The molecule has 0 aliphatic rings. The van der Waals surface area contributed by atoms with Crippen LogP contribution in [-0.4, -0.2) is 5.78 Å². The van der Waals surface area contributed by atoms with E-state index >= 15 is 4.39 Å². The highest BCUT2D eigenvalue weighted by Crippen LogP contribution is 2.34. The Kier molecular flexibility index (Phi) is 8.60. The molecule has 0 bridgehead atoms. The molecule has 0 spiro atoms. The first-order valence-corrected chi connectivity index (χ1v) is 12.8. The summed E-state index contributed by atoms with van der Waals surface area (Å²) in [5.74, 6) is -1.57. The number of hydrogen-bond donors (Lipinski definition) is 0. The average molecular weight is 501 g/mol. The van der Waals surface area contributed by atoms with E-state index in [0.717, 1.165) is 42.4 Å². The fourth-order valence-electron chi connectivity index (χ4n) is 4.66. The molecule has 0 saturated heterocycles. The predicted octanol–water partition coefficient (Wildman–Crippen LogP) is 9.43. The number of rotatable bonds is 10. The Balaban J connectivity index is 1.58. The van der Waals surface area contributed by atoms with Crippen molar-refractivity contribution in [3.05, 3.63) is 119 Å². The van der Waals surface area contributed by atoms with Crippen LogP contribution in [0.25, 0.3) is 22.3 Å². The third-order valence-electron chi connectivity index (χ3n) is 6.65. The zero-order chi connectivity index (χ0) is 26.4. The summed E-state index contributed by atoms with van der Waals surface area (Å²) in [6, 6.07) is 25.7. The molecule has 0 saturated carbocycles. The van der Waals surface area contributed by atoms with Gasteiger partial charge in [0.15, 0.2) is 5.78 Å². The van der Waals surface area contributed by atoms with Gasteiger partial charge in [-0.2, -0.15) is 0 Å². The minimum Gasteiger partial charge on any atom is -0.294 e. The summed E-state index contributed by atoms with van der Waals surface area (Å²) in [5.41, 5.74) is 4.57. The Morgan fingerprint density at radius 2 is 1.11 bits per heavy atom. The Morgan fingerprint density at radius 1 is 0.649 bits per heavy atom. The molecule has 0 fully saturated rings. The molecule has 0 heterocycles. The Hall–Kier alpha value is -3.66. The molecule has 0 atom stereocenters. The second-order valence-electron chi connectivity index (χ2n) is 9.38. The van der Waals surface area contributed by atoms with Crippen molar-refractivity contribution in [1.82, 2.24) is 0 Å². The molecule has 0 aliphatic heterocycles. The molecule has 1 nitrogen and oxygen atoms in total. The molecule has 0 N–H and O–H groups in total. The van der Waals surface area contributed by atoms with Gasteiger partial charge in [0.2, 0.25) is 0 Å². The maximum Gasteiger partial charge on any atom is 0.267 e. The van der Waals surface area contributed by atoms with Crippen molar-refractivity contribution in [2.24, 2.45) is 0 Å². The number of aryl methyl sites for hydroxylation is 2. The zero-order valence-electron chi connectivity index (χ0n) is 21.2. The van der Waals surface area contributed by atoms with Crippen molar-refractivity contribution in [1.29, 1.82) is 0 Å². The first-order valence-electron chi connectivity index (χ1n) is 12.8. The van der Waals surface area contributed by atoms with Gasteiger partial charge in [0.05, 0.1) is 5.56 Å². The highest BCUT2D eigenvalue weighted by molar-refractivity contribution is 5.99. The van der Waals surface area contributed by atoms with Crippen molar-refractivity contribution in [2.45, 2.75) is 52.4 Å². The monoisotopic (exact) mass is 500 g/mol. The summed E-state index contributed by atoms with van der Waals surface area (Å²) in [6.07, 6.45) is 0.882. The first kappa shape index (κ1) is 26.4. The van der Waals surface area contributed by atoms with Gasteiger partial charge in [-0.15, -0.1) is 0 Å². The van der Waals surface area contributed by atoms with Gasteiger partial charge in [-0.1, -0.05) is 112 Å². The van der Waals surface area contributed by atoms with Crippen LogP contribution in [0.5, 0.6) is 0 Å². The predicted molar refractivity (Wildman–Crippen MR) is 145 cm³/mol. The third kappa shape index (κ3) is 6.19. The highest BCUT2D eigenvalue weighted by Gasteiger charge is 2.25. The van der Waals surface area contributed by atoms with E-state index in [-0.39, 0.29) is 17.5 Å². The molecular formula is C33H31F3O. The van der Waals surface area contributed by atoms with Gasteiger partial charge in [0.1, 0.15) is 5.82 Å². The molecular weight excluding hydrogens is 469 g/mol. The van der Waals surface area contributed by atoms with Crippen molar-refractivity contribution in [2.75, 3.05) is 0 Å². The lowest BCUT2D eigenvalue weighted by Gasteiger charge is -2.14. The molecule has 190 valence electrons.